The standard InChI is InChI=1S/C10H8N2O3S/c11-16-10(14)12-7-3-1-6-2-4-9(13)15-8(6)5-7/h1-5H,11H2,(H,12,14). The van der Waals surface area contributed by atoms with Crippen LogP contribution in [0.25, 0.3) is 11.0 Å². The second-order valence-electron chi connectivity index (χ2n) is 3.04. The molecule has 82 valence electrons. The maximum Gasteiger partial charge on any atom is 0.336 e. The zero-order valence-electron chi connectivity index (χ0n) is 8.10. The first kappa shape index (κ1) is 10.7. The summed E-state index contributed by atoms with van der Waals surface area (Å²) in [7, 11) is 0. The van der Waals surface area contributed by atoms with Crippen LogP contribution < -0.4 is 16.1 Å². The predicted octanol–water partition coefficient (Wildman–Crippen LogP) is 1.93. The highest BCUT2D eigenvalue weighted by molar-refractivity contribution is 8.11. The lowest BCUT2D eigenvalue weighted by atomic mass is 10.2. The van der Waals surface area contributed by atoms with E-state index in [9.17, 15) is 9.59 Å². The van der Waals surface area contributed by atoms with E-state index in [-0.39, 0.29) is 5.24 Å². The first-order valence-electron chi connectivity index (χ1n) is 4.41. The quantitative estimate of drug-likeness (QED) is 0.583. The second-order valence-corrected chi connectivity index (χ2v) is 3.64. The Kier molecular flexibility index (Phi) is 2.93. The summed E-state index contributed by atoms with van der Waals surface area (Å²) in [5.41, 5.74) is 0.529. The number of anilines is 1. The van der Waals surface area contributed by atoms with Crippen LogP contribution in [0.1, 0.15) is 0 Å². The predicted molar refractivity (Wildman–Crippen MR) is 63.3 cm³/mol. The fourth-order valence-corrected chi connectivity index (χ4v) is 1.46. The van der Waals surface area contributed by atoms with Crippen molar-refractivity contribution >= 4 is 33.8 Å². The molecule has 0 bridgehead atoms. The van der Waals surface area contributed by atoms with Crippen molar-refractivity contribution in [3.05, 3.63) is 40.8 Å². The lowest BCUT2D eigenvalue weighted by molar-refractivity contribution is 0.270. The molecule has 0 radical (unpaired) electrons. The third-order valence-electron chi connectivity index (χ3n) is 1.98. The summed E-state index contributed by atoms with van der Waals surface area (Å²) in [6.45, 7) is 0. The van der Waals surface area contributed by atoms with Gasteiger partial charge in [0.15, 0.2) is 0 Å². The highest BCUT2D eigenvalue weighted by Gasteiger charge is 2.02. The number of rotatable bonds is 1. The summed E-state index contributed by atoms with van der Waals surface area (Å²) in [6.07, 6.45) is 0. The van der Waals surface area contributed by atoms with Gasteiger partial charge < -0.3 is 9.73 Å². The fourth-order valence-electron chi connectivity index (χ4n) is 1.29. The van der Waals surface area contributed by atoms with E-state index in [2.05, 4.69) is 5.32 Å². The Balaban J connectivity index is 2.42. The van der Waals surface area contributed by atoms with Gasteiger partial charge in [0, 0.05) is 35.2 Å². The molecule has 0 saturated carbocycles. The SMILES string of the molecule is NSC(=O)Nc1ccc2ccc(=O)oc2c1. The monoisotopic (exact) mass is 236 g/mol. The van der Waals surface area contributed by atoms with Crippen molar-refractivity contribution in [2.75, 3.05) is 5.32 Å². The van der Waals surface area contributed by atoms with E-state index in [1.54, 1.807) is 24.3 Å². The third kappa shape index (κ3) is 2.23. The molecule has 6 heteroatoms. The number of hydrogen-bond donors (Lipinski definition) is 2. The minimum absolute atomic E-state index is 0.377. The first-order valence-corrected chi connectivity index (χ1v) is 5.28. The van der Waals surface area contributed by atoms with Crippen LogP contribution in [0.4, 0.5) is 10.5 Å². The van der Waals surface area contributed by atoms with Crippen LogP contribution >= 0.6 is 11.9 Å². The van der Waals surface area contributed by atoms with Gasteiger partial charge in [-0.2, -0.15) is 0 Å². The van der Waals surface area contributed by atoms with Crippen LogP contribution in [-0.4, -0.2) is 5.24 Å². The Bertz CT molecular complexity index is 594. The number of nitrogens with two attached hydrogens (primary N) is 1. The molecule has 5 nitrogen and oxygen atoms in total. The Morgan fingerprint density at radius 2 is 2.06 bits per heavy atom. The molecule has 0 saturated heterocycles. The molecule has 2 aromatic rings. The molecule has 2 rings (SSSR count). The van der Waals surface area contributed by atoms with Crippen LogP contribution in [0, 0.1) is 0 Å². The number of hydrogen-bond acceptors (Lipinski definition) is 5. The summed E-state index contributed by atoms with van der Waals surface area (Å²) >= 11 is 0.586. The molecule has 0 aliphatic carbocycles. The highest BCUT2D eigenvalue weighted by Crippen LogP contribution is 2.18. The van der Waals surface area contributed by atoms with Gasteiger partial charge in [-0.25, -0.2) is 4.79 Å². The average molecular weight is 236 g/mol. The van der Waals surface area contributed by atoms with Crippen LogP contribution in [0.2, 0.25) is 0 Å². The van der Waals surface area contributed by atoms with E-state index in [0.29, 0.717) is 23.2 Å². The van der Waals surface area contributed by atoms with Gasteiger partial charge in [-0.1, -0.05) is 0 Å². The molecule has 1 aromatic carbocycles. The third-order valence-corrected chi connectivity index (χ3v) is 2.29. The first-order chi connectivity index (χ1) is 7.69. The molecular formula is C10H8N2O3S. The van der Waals surface area contributed by atoms with Gasteiger partial charge in [0.2, 0.25) is 0 Å². The summed E-state index contributed by atoms with van der Waals surface area (Å²) < 4.78 is 4.97. The largest absolute Gasteiger partial charge is 0.423 e. The molecular weight excluding hydrogens is 228 g/mol. The second kappa shape index (κ2) is 4.38. The van der Waals surface area contributed by atoms with Crippen LogP contribution in [0.15, 0.2) is 39.5 Å². The molecule has 0 aliphatic heterocycles. The van der Waals surface area contributed by atoms with Gasteiger partial charge in [0.25, 0.3) is 5.24 Å². The van der Waals surface area contributed by atoms with Crippen molar-refractivity contribution in [3.63, 3.8) is 0 Å². The molecule has 1 amide bonds. The van der Waals surface area contributed by atoms with Crippen LogP contribution in [0.5, 0.6) is 0 Å². The minimum Gasteiger partial charge on any atom is -0.423 e. The Hall–Kier alpha value is -1.79. The smallest absolute Gasteiger partial charge is 0.336 e. The van der Waals surface area contributed by atoms with Crippen molar-refractivity contribution < 1.29 is 9.21 Å². The molecule has 0 aliphatic rings. The van der Waals surface area contributed by atoms with Crippen molar-refractivity contribution in [1.29, 1.82) is 0 Å². The topological polar surface area (TPSA) is 85.3 Å². The molecule has 0 fully saturated rings. The number of fused-ring (bicyclic) bond motifs is 1. The zero-order valence-corrected chi connectivity index (χ0v) is 8.91. The molecule has 0 spiro atoms. The van der Waals surface area contributed by atoms with Gasteiger partial charge in [-0.15, -0.1) is 0 Å². The van der Waals surface area contributed by atoms with Crippen molar-refractivity contribution in [1.82, 2.24) is 0 Å². The maximum atomic E-state index is 11.0. The lowest BCUT2D eigenvalue weighted by Crippen LogP contribution is -2.07. The van der Waals surface area contributed by atoms with Crippen molar-refractivity contribution in [2.24, 2.45) is 5.14 Å². The number of benzene rings is 1. The number of carbonyl (C=O) groups excluding carboxylic acids is 1. The summed E-state index contributed by atoms with van der Waals surface area (Å²) in [4.78, 5) is 22.0. The summed E-state index contributed by atoms with van der Waals surface area (Å²) in [6, 6.07) is 8.02. The maximum absolute atomic E-state index is 11.0. The normalized spacial score (nSPS) is 10.3. The average Bonchev–Trinajstić information content (AvgIpc) is 2.28. The number of carbonyl (C=O) groups is 1. The molecule has 3 N–H and O–H groups in total. The molecule has 1 heterocycles. The zero-order chi connectivity index (χ0) is 11.5. The summed E-state index contributed by atoms with van der Waals surface area (Å²) in [5.74, 6) is 0. The Morgan fingerprint density at radius 3 is 2.81 bits per heavy atom. The van der Waals surface area contributed by atoms with Crippen molar-refractivity contribution in [3.8, 4) is 0 Å². The van der Waals surface area contributed by atoms with Gasteiger partial charge >= 0.3 is 5.63 Å². The fraction of sp³-hybridized carbons (Fsp3) is 0. The minimum atomic E-state index is -0.427. The Morgan fingerprint density at radius 1 is 1.31 bits per heavy atom. The Labute approximate surface area is 94.8 Å². The van der Waals surface area contributed by atoms with E-state index in [1.807, 2.05) is 0 Å². The number of nitrogens with one attached hydrogen (secondary N) is 1. The molecule has 0 atom stereocenters. The van der Waals surface area contributed by atoms with E-state index in [1.165, 1.54) is 6.07 Å². The molecule has 16 heavy (non-hydrogen) atoms. The molecule has 0 unspecified atom stereocenters. The lowest BCUT2D eigenvalue weighted by Gasteiger charge is -2.03. The van der Waals surface area contributed by atoms with Gasteiger partial charge in [0.1, 0.15) is 5.58 Å². The van der Waals surface area contributed by atoms with E-state index in [0.717, 1.165) is 5.39 Å². The van der Waals surface area contributed by atoms with Gasteiger partial charge in [0.05, 0.1) is 0 Å². The van der Waals surface area contributed by atoms with Gasteiger partial charge in [-0.3, -0.25) is 9.93 Å². The van der Waals surface area contributed by atoms with E-state index < -0.39 is 5.63 Å². The van der Waals surface area contributed by atoms with Crippen LogP contribution in [-0.2, 0) is 0 Å². The van der Waals surface area contributed by atoms with Crippen LogP contribution in [0.3, 0.4) is 0 Å². The summed E-state index contributed by atoms with van der Waals surface area (Å²) in [5, 5.41) is 8.04. The van der Waals surface area contributed by atoms with E-state index >= 15 is 0 Å². The van der Waals surface area contributed by atoms with Gasteiger partial charge in [-0.05, 0) is 18.2 Å². The van der Waals surface area contributed by atoms with Crippen molar-refractivity contribution in [2.45, 2.75) is 0 Å². The highest BCUT2D eigenvalue weighted by atomic mass is 32.2. The number of amides is 1. The molecule has 1 aromatic heterocycles. The van der Waals surface area contributed by atoms with E-state index in [4.69, 9.17) is 9.56 Å².